The lowest BCUT2D eigenvalue weighted by Gasteiger charge is -2.22. The van der Waals surface area contributed by atoms with E-state index in [1.54, 1.807) is 0 Å². The monoisotopic (exact) mass is 293 g/mol. The molecule has 1 N–H and O–H groups in total. The first-order chi connectivity index (χ1) is 10.4. The minimum Gasteiger partial charge on any atom is -0.396 e. The lowest BCUT2D eigenvalue weighted by Crippen LogP contribution is -2.21. The van der Waals surface area contributed by atoms with Crippen LogP contribution >= 0.6 is 0 Å². The maximum Gasteiger partial charge on any atom is 0.0471 e. The largest absolute Gasteiger partial charge is 0.396 e. The highest BCUT2D eigenvalue weighted by Crippen LogP contribution is 2.13. The zero-order chi connectivity index (χ0) is 15.2. The first-order valence-corrected chi connectivity index (χ1v) is 9.09. The highest BCUT2D eigenvalue weighted by Gasteiger charge is 2.03. The average molecular weight is 293 g/mol. The van der Waals surface area contributed by atoms with Crippen LogP contribution in [0.5, 0.6) is 0 Å². The van der Waals surface area contributed by atoms with Gasteiger partial charge in [-0.3, -0.25) is 0 Å². The Labute approximate surface area is 131 Å². The third-order valence-corrected chi connectivity index (χ3v) is 4.29. The fraction of sp³-hybridized carbons (Fsp3) is 0.789. The second kappa shape index (κ2) is 12.9. The van der Waals surface area contributed by atoms with Gasteiger partial charge in [0.1, 0.15) is 0 Å². The molecule has 0 unspecified atom stereocenters. The highest BCUT2D eigenvalue weighted by atomic mass is 16.2. The summed E-state index contributed by atoms with van der Waals surface area (Å²) in [5, 5.41) is 8.90. The topological polar surface area (TPSA) is 23.5 Å². The quantitative estimate of drug-likeness (QED) is 0.481. The molecule has 0 atom stereocenters. The van der Waals surface area contributed by atoms with Crippen LogP contribution in [0.1, 0.15) is 77.6 Å². The van der Waals surface area contributed by atoms with Crippen LogP contribution in [-0.2, 0) is 0 Å². The first kappa shape index (κ1) is 18.3. The minimum atomic E-state index is 0.259. The van der Waals surface area contributed by atoms with Crippen molar-refractivity contribution in [2.24, 2.45) is 0 Å². The summed E-state index contributed by atoms with van der Waals surface area (Å²) in [6.07, 6.45) is 21.4. The Morgan fingerprint density at radius 3 is 2.10 bits per heavy atom. The molecule has 0 aromatic heterocycles. The average Bonchev–Trinajstić information content (AvgIpc) is 2.51. The lowest BCUT2D eigenvalue weighted by molar-refractivity contribution is 0.299. The molecular weight excluding hydrogens is 258 g/mol. The Kier molecular flexibility index (Phi) is 11.3. The van der Waals surface area contributed by atoms with Crippen LogP contribution in [0.3, 0.4) is 0 Å². The van der Waals surface area contributed by atoms with Crippen LogP contribution in [-0.4, -0.2) is 29.7 Å². The maximum atomic E-state index is 8.90. The molecule has 0 fully saturated rings. The van der Waals surface area contributed by atoms with E-state index < -0.39 is 0 Å². The summed E-state index contributed by atoms with van der Waals surface area (Å²) in [6, 6.07) is 0. The Morgan fingerprint density at radius 1 is 0.952 bits per heavy atom. The van der Waals surface area contributed by atoms with E-state index in [-0.39, 0.29) is 6.61 Å². The molecule has 0 saturated carbocycles. The molecule has 0 aromatic carbocycles. The first-order valence-electron chi connectivity index (χ1n) is 9.09. The third kappa shape index (κ3) is 9.73. The van der Waals surface area contributed by atoms with E-state index in [1.165, 1.54) is 76.3 Å². The Bertz CT molecular complexity index is 296. The summed E-state index contributed by atoms with van der Waals surface area (Å²) in [5.41, 5.74) is 1.27. The molecule has 0 aliphatic carbocycles. The SMILES string of the molecule is CCCCCCCCCCCCN1C=CC(CCO)=CC1. The van der Waals surface area contributed by atoms with Crippen LogP contribution < -0.4 is 0 Å². The highest BCUT2D eigenvalue weighted by molar-refractivity contribution is 5.22. The normalized spacial score (nSPS) is 14.6. The zero-order valence-electron chi connectivity index (χ0n) is 14.0. The number of aliphatic hydroxyl groups excluding tert-OH is 1. The molecule has 21 heavy (non-hydrogen) atoms. The predicted molar refractivity (Wildman–Crippen MR) is 92.3 cm³/mol. The number of unbranched alkanes of at least 4 members (excludes halogenated alkanes) is 9. The van der Waals surface area contributed by atoms with Crippen LogP contribution in [0.25, 0.3) is 0 Å². The van der Waals surface area contributed by atoms with Gasteiger partial charge in [-0.2, -0.15) is 0 Å². The zero-order valence-corrected chi connectivity index (χ0v) is 14.0. The van der Waals surface area contributed by atoms with Crippen molar-refractivity contribution >= 4 is 0 Å². The van der Waals surface area contributed by atoms with E-state index in [1.807, 2.05) is 0 Å². The van der Waals surface area contributed by atoms with Gasteiger partial charge in [-0.1, -0.05) is 70.8 Å². The second-order valence-corrected chi connectivity index (χ2v) is 6.25. The van der Waals surface area contributed by atoms with Gasteiger partial charge in [-0.15, -0.1) is 0 Å². The maximum absolute atomic E-state index is 8.90. The molecule has 0 aromatic rings. The number of aliphatic hydroxyl groups is 1. The van der Waals surface area contributed by atoms with Crippen molar-refractivity contribution in [3.63, 3.8) is 0 Å². The minimum absolute atomic E-state index is 0.259. The van der Waals surface area contributed by atoms with Gasteiger partial charge in [-0.25, -0.2) is 0 Å². The van der Waals surface area contributed by atoms with Gasteiger partial charge in [0.25, 0.3) is 0 Å². The van der Waals surface area contributed by atoms with Crippen molar-refractivity contribution in [1.29, 1.82) is 0 Å². The van der Waals surface area contributed by atoms with E-state index in [2.05, 4.69) is 30.2 Å². The lowest BCUT2D eigenvalue weighted by atomic mass is 10.1. The van der Waals surface area contributed by atoms with Crippen molar-refractivity contribution in [1.82, 2.24) is 4.90 Å². The number of nitrogens with zero attached hydrogens (tertiary/aromatic N) is 1. The Balaban J connectivity index is 1.86. The van der Waals surface area contributed by atoms with Crippen LogP contribution in [0.15, 0.2) is 23.9 Å². The van der Waals surface area contributed by atoms with Crippen LogP contribution in [0, 0.1) is 0 Å². The smallest absolute Gasteiger partial charge is 0.0471 e. The third-order valence-electron chi connectivity index (χ3n) is 4.29. The molecule has 1 aliphatic rings. The molecule has 1 heterocycles. The number of hydrogen-bond acceptors (Lipinski definition) is 2. The Hall–Kier alpha value is -0.760. The molecule has 122 valence electrons. The fourth-order valence-electron chi connectivity index (χ4n) is 2.85. The van der Waals surface area contributed by atoms with Gasteiger partial charge in [-0.05, 0) is 30.7 Å². The van der Waals surface area contributed by atoms with E-state index >= 15 is 0 Å². The van der Waals surface area contributed by atoms with Crippen LogP contribution in [0.4, 0.5) is 0 Å². The van der Waals surface area contributed by atoms with Crippen molar-refractivity contribution in [3.05, 3.63) is 23.9 Å². The summed E-state index contributed by atoms with van der Waals surface area (Å²) < 4.78 is 0. The summed E-state index contributed by atoms with van der Waals surface area (Å²) in [6.45, 7) is 4.73. The molecule has 2 heteroatoms. The standard InChI is InChI=1S/C19H35NO/c1-2-3-4-5-6-7-8-9-10-11-15-20-16-12-19(13-17-20)14-18-21/h12-13,16,21H,2-11,14-15,17-18H2,1H3. The summed E-state index contributed by atoms with van der Waals surface area (Å²) in [7, 11) is 0. The summed E-state index contributed by atoms with van der Waals surface area (Å²) in [4.78, 5) is 2.38. The number of rotatable bonds is 13. The fourth-order valence-corrected chi connectivity index (χ4v) is 2.85. The summed E-state index contributed by atoms with van der Waals surface area (Å²) in [5.74, 6) is 0. The van der Waals surface area contributed by atoms with E-state index in [4.69, 9.17) is 5.11 Å². The Morgan fingerprint density at radius 2 is 1.57 bits per heavy atom. The van der Waals surface area contributed by atoms with Crippen LogP contribution in [0.2, 0.25) is 0 Å². The summed E-state index contributed by atoms with van der Waals surface area (Å²) >= 11 is 0. The van der Waals surface area contributed by atoms with Gasteiger partial charge in [0.05, 0.1) is 0 Å². The number of hydrogen-bond donors (Lipinski definition) is 1. The van der Waals surface area contributed by atoms with Crippen molar-refractivity contribution < 1.29 is 5.11 Å². The van der Waals surface area contributed by atoms with Gasteiger partial charge < -0.3 is 10.0 Å². The van der Waals surface area contributed by atoms with Crippen molar-refractivity contribution in [3.8, 4) is 0 Å². The van der Waals surface area contributed by atoms with Crippen molar-refractivity contribution in [2.45, 2.75) is 77.6 Å². The predicted octanol–water partition coefficient (Wildman–Crippen LogP) is 5.05. The molecular formula is C19H35NO. The second-order valence-electron chi connectivity index (χ2n) is 6.25. The number of allylic oxidation sites excluding steroid dienone is 1. The van der Waals surface area contributed by atoms with E-state index in [0.29, 0.717) is 0 Å². The molecule has 0 spiro atoms. The molecule has 0 bridgehead atoms. The molecule has 1 rings (SSSR count). The molecule has 0 radical (unpaired) electrons. The van der Waals surface area contributed by atoms with Gasteiger partial charge in [0.15, 0.2) is 0 Å². The molecule has 0 amide bonds. The molecule has 1 aliphatic heterocycles. The van der Waals surface area contributed by atoms with E-state index in [9.17, 15) is 0 Å². The molecule has 0 saturated heterocycles. The van der Waals surface area contributed by atoms with E-state index in [0.717, 1.165) is 13.0 Å². The van der Waals surface area contributed by atoms with Gasteiger partial charge >= 0.3 is 0 Å². The van der Waals surface area contributed by atoms with Gasteiger partial charge in [0, 0.05) is 19.7 Å². The van der Waals surface area contributed by atoms with Crippen molar-refractivity contribution in [2.75, 3.05) is 19.7 Å². The molecule has 2 nitrogen and oxygen atoms in total. The van der Waals surface area contributed by atoms with Gasteiger partial charge in [0.2, 0.25) is 0 Å².